The van der Waals surface area contributed by atoms with Crippen molar-refractivity contribution in [3.05, 3.63) is 34.8 Å². The van der Waals surface area contributed by atoms with Crippen LogP contribution < -0.4 is 11.1 Å². The number of likely N-dealkylation sites (tertiary alicyclic amines) is 1. The van der Waals surface area contributed by atoms with Gasteiger partial charge in [-0.1, -0.05) is 12.1 Å². The number of nitrogens with one attached hydrogen (secondary N) is 1. The van der Waals surface area contributed by atoms with Gasteiger partial charge in [0.25, 0.3) is 0 Å². The number of carbonyl (C=O) groups excluding carboxylic acids is 2. The lowest BCUT2D eigenvalue weighted by Gasteiger charge is -2.31. The predicted octanol–water partition coefficient (Wildman–Crippen LogP) is -0.254. The molecule has 9 nitrogen and oxygen atoms in total. The third-order valence-corrected chi connectivity index (χ3v) is 6.93. The van der Waals surface area contributed by atoms with Gasteiger partial charge >= 0.3 is 5.76 Å². The Morgan fingerprint density at radius 2 is 1.89 bits per heavy atom. The fourth-order valence-corrected chi connectivity index (χ4v) is 4.91. The molecule has 27 heavy (non-hydrogen) atoms. The second-order valence-electron chi connectivity index (χ2n) is 6.48. The minimum absolute atomic E-state index is 0.161. The van der Waals surface area contributed by atoms with Crippen LogP contribution >= 0.6 is 0 Å². The number of aromatic nitrogens is 1. The number of hydrogen-bond donors (Lipinski definition) is 1. The van der Waals surface area contributed by atoms with E-state index in [0.29, 0.717) is 11.1 Å². The second-order valence-corrected chi connectivity index (χ2v) is 8.76. The zero-order chi connectivity index (χ0) is 19.6. The van der Waals surface area contributed by atoms with Gasteiger partial charge in [0, 0.05) is 20.1 Å². The van der Waals surface area contributed by atoms with E-state index in [2.05, 4.69) is 5.32 Å². The summed E-state index contributed by atoms with van der Waals surface area (Å²) in [7, 11) is -2.16. The van der Waals surface area contributed by atoms with Crippen LogP contribution in [0.1, 0.15) is 12.8 Å². The van der Waals surface area contributed by atoms with Crippen LogP contribution in [0, 0.1) is 0 Å². The van der Waals surface area contributed by atoms with Crippen LogP contribution in [-0.2, 0) is 26.0 Å². The molecule has 0 spiro atoms. The highest BCUT2D eigenvalue weighted by atomic mass is 32.2. The van der Waals surface area contributed by atoms with Crippen LogP contribution in [0.2, 0.25) is 0 Å². The van der Waals surface area contributed by atoms with E-state index in [1.54, 1.807) is 29.2 Å². The summed E-state index contributed by atoms with van der Waals surface area (Å²) in [6.45, 7) is 0.369. The van der Waals surface area contributed by atoms with Gasteiger partial charge in [-0.2, -0.15) is 0 Å². The van der Waals surface area contributed by atoms with Gasteiger partial charge in [-0.05, 0) is 25.0 Å². The molecule has 1 saturated heterocycles. The topological polar surface area (TPSA) is 119 Å². The van der Waals surface area contributed by atoms with Crippen LogP contribution in [0.5, 0.6) is 0 Å². The first-order chi connectivity index (χ1) is 12.8. The molecule has 1 N–H and O–H groups in total. The summed E-state index contributed by atoms with van der Waals surface area (Å²) < 4.78 is 30.9. The van der Waals surface area contributed by atoms with Crippen LogP contribution in [0.15, 0.2) is 33.5 Å². The Balaban J connectivity index is 1.64. The molecule has 2 amide bonds. The number of amides is 2. The van der Waals surface area contributed by atoms with Crippen molar-refractivity contribution < 1.29 is 22.4 Å². The van der Waals surface area contributed by atoms with Gasteiger partial charge in [0.05, 0.1) is 10.8 Å². The highest BCUT2D eigenvalue weighted by Gasteiger charge is 2.33. The van der Waals surface area contributed by atoms with E-state index in [4.69, 9.17) is 4.42 Å². The average Bonchev–Trinajstić information content (AvgIpc) is 2.97. The standard InChI is InChI=1S/C17H21N3O6S/c1-18-15(21)11-27(24,25)12-6-8-19(9-7-12)16(22)10-20-13-4-2-3-5-14(13)26-17(20)23/h2-5,12H,6-11H2,1H3,(H,18,21). The lowest BCUT2D eigenvalue weighted by Crippen LogP contribution is -2.45. The van der Waals surface area contributed by atoms with Crippen molar-refractivity contribution in [1.82, 2.24) is 14.8 Å². The number of piperidine rings is 1. The Morgan fingerprint density at radius 1 is 1.22 bits per heavy atom. The highest BCUT2D eigenvalue weighted by Crippen LogP contribution is 2.19. The fraction of sp³-hybridized carbons (Fsp3) is 0.471. The molecule has 2 aromatic rings. The summed E-state index contributed by atoms with van der Waals surface area (Å²) >= 11 is 0. The van der Waals surface area contributed by atoms with E-state index in [-0.39, 0.29) is 38.4 Å². The predicted molar refractivity (Wildman–Crippen MR) is 97.9 cm³/mol. The Hall–Kier alpha value is -2.62. The van der Waals surface area contributed by atoms with E-state index >= 15 is 0 Å². The van der Waals surface area contributed by atoms with Crippen LogP contribution in [0.3, 0.4) is 0 Å². The van der Waals surface area contributed by atoms with E-state index in [1.807, 2.05) is 0 Å². The second kappa shape index (κ2) is 7.55. The smallest absolute Gasteiger partial charge is 0.408 e. The lowest BCUT2D eigenvalue weighted by molar-refractivity contribution is -0.132. The molecule has 0 unspecified atom stereocenters. The summed E-state index contributed by atoms with van der Waals surface area (Å²) in [4.78, 5) is 37.4. The molecule has 0 aliphatic carbocycles. The molecule has 3 rings (SSSR count). The van der Waals surface area contributed by atoms with Crippen LogP contribution in [0.4, 0.5) is 0 Å². The van der Waals surface area contributed by atoms with Gasteiger partial charge in [-0.3, -0.25) is 14.2 Å². The van der Waals surface area contributed by atoms with Crippen molar-refractivity contribution in [3.8, 4) is 0 Å². The Morgan fingerprint density at radius 3 is 2.56 bits per heavy atom. The molecule has 146 valence electrons. The number of hydrogen-bond acceptors (Lipinski definition) is 6. The molecule has 0 atom stereocenters. The Labute approximate surface area is 155 Å². The molecular formula is C17H21N3O6S. The van der Waals surface area contributed by atoms with Gasteiger partial charge in [-0.25, -0.2) is 13.2 Å². The average molecular weight is 395 g/mol. The molecule has 1 aliphatic rings. The first kappa shape index (κ1) is 19.2. The molecule has 1 aromatic carbocycles. The summed E-state index contributed by atoms with van der Waals surface area (Å²) in [5.74, 6) is -1.96. The van der Waals surface area contributed by atoms with Crippen molar-refractivity contribution in [3.63, 3.8) is 0 Å². The number of nitrogens with zero attached hydrogens (tertiary/aromatic N) is 2. The normalized spacial score (nSPS) is 15.8. The van der Waals surface area contributed by atoms with Gasteiger partial charge in [-0.15, -0.1) is 0 Å². The minimum Gasteiger partial charge on any atom is -0.408 e. The highest BCUT2D eigenvalue weighted by molar-refractivity contribution is 7.92. The maximum atomic E-state index is 12.6. The number of para-hydroxylation sites is 2. The van der Waals surface area contributed by atoms with E-state index in [0.717, 1.165) is 0 Å². The van der Waals surface area contributed by atoms with Crippen molar-refractivity contribution in [2.45, 2.75) is 24.6 Å². The van der Waals surface area contributed by atoms with Gasteiger partial charge < -0.3 is 14.6 Å². The fourth-order valence-electron chi connectivity index (χ4n) is 3.24. The monoisotopic (exact) mass is 395 g/mol. The third kappa shape index (κ3) is 4.05. The van der Waals surface area contributed by atoms with Gasteiger partial charge in [0.15, 0.2) is 15.4 Å². The van der Waals surface area contributed by atoms with Crippen molar-refractivity contribution in [2.24, 2.45) is 0 Å². The SMILES string of the molecule is CNC(=O)CS(=O)(=O)C1CCN(C(=O)Cn2c(=O)oc3ccccc32)CC1. The zero-order valence-corrected chi connectivity index (χ0v) is 15.7. The van der Waals surface area contributed by atoms with Crippen molar-refractivity contribution in [1.29, 1.82) is 0 Å². The van der Waals surface area contributed by atoms with E-state index in [1.165, 1.54) is 11.6 Å². The molecule has 1 fully saturated rings. The molecule has 0 bridgehead atoms. The summed E-state index contributed by atoms with van der Waals surface area (Å²) in [5, 5.41) is 1.67. The number of sulfone groups is 1. The van der Waals surface area contributed by atoms with E-state index < -0.39 is 32.5 Å². The maximum Gasteiger partial charge on any atom is 0.420 e. The first-order valence-electron chi connectivity index (χ1n) is 8.60. The first-order valence-corrected chi connectivity index (χ1v) is 10.3. The summed E-state index contributed by atoms with van der Waals surface area (Å²) in [5.41, 5.74) is 0.952. The van der Waals surface area contributed by atoms with Crippen molar-refractivity contribution >= 4 is 32.8 Å². The lowest BCUT2D eigenvalue weighted by atomic mass is 10.1. The zero-order valence-electron chi connectivity index (χ0n) is 14.9. The number of fused-ring (bicyclic) bond motifs is 1. The molecule has 1 aromatic heterocycles. The number of benzene rings is 1. The molecular weight excluding hydrogens is 374 g/mol. The Bertz CT molecular complexity index is 1010. The summed E-state index contributed by atoms with van der Waals surface area (Å²) in [6, 6.07) is 6.84. The minimum atomic E-state index is -3.55. The molecule has 10 heteroatoms. The molecule has 2 heterocycles. The summed E-state index contributed by atoms with van der Waals surface area (Å²) in [6.07, 6.45) is 0.540. The largest absolute Gasteiger partial charge is 0.420 e. The Kier molecular flexibility index (Phi) is 5.36. The van der Waals surface area contributed by atoms with Crippen molar-refractivity contribution in [2.75, 3.05) is 25.9 Å². The number of oxazole rings is 1. The third-order valence-electron chi connectivity index (χ3n) is 4.78. The molecule has 0 saturated carbocycles. The van der Waals surface area contributed by atoms with Crippen LogP contribution in [-0.4, -0.2) is 60.8 Å². The van der Waals surface area contributed by atoms with E-state index in [9.17, 15) is 22.8 Å². The number of rotatable bonds is 5. The van der Waals surface area contributed by atoms with Gasteiger partial charge in [0.1, 0.15) is 12.3 Å². The number of carbonyl (C=O) groups is 2. The molecule has 1 aliphatic heterocycles. The molecule has 0 radical (unpaired) electrons. The quantitative estimate of drug-likeness (QED) is 0.746. The maximum absolute atomic E-state index is 12.6. The van der Waals surface area contributed by atoms with Gasteiger partial charge in [0.2, 0.25) is 11.8 Å². The van der Waals surface area contributed by atoms with Crippen LogP contribution in [0.25, 0.3) is 11.1 Å².